The minimum Gasteiger partial charge on any atom is -0.489 e. The molecule has 37 heavy (non-hydrogen) atoms. The molecule has 1 amide bonds. The Balaban J connectivity index is 1.69. The zero-order valence-electron chi connectivity index (χ0n) is 21.3. The lowest BCUT2D eigenvalue weighted by Gasteiger charge is -2.28. The van der Waals surface area contributed by atoms with E-state index in [-0.39, 0.29) is 11.5 Å². The molecule has 0 unspecified atom stereocenters. The summed E-state index contributed by atoms with van der Waals surface area (Å²) < 4.78 is 26.0. The van der Waals surface area contributed by atoms with Crippen molar-refractivity contribution in [3.63, 3.8) is 0 Å². The third-order valence-electron chi connectivity index (χ3n) is 6.01. The Bertz CT molecular complexity index is 1390. The topological polar surface area (TPSA) is 82.5 Å². The number of nitrogens with zero attached hydrogens (tertiary/aromatic N) is 2. The Morgan fingerprint density at radius 1 is 1.00 bits per heavy atom. The van der Waals surface area contributed by atoms with Crippen LogP contribution in [-0.4, -0.2) is 34.8 Å². The van der Waals surface area contributed by atoms with E-state index in [0.29, 0.717) is 29.8 Å². The van der Waals surface area contributed by atoms with Gasteiger partial charge in [0, 0.05) is 11.5 Å². The Morgan fingerprint density at radius 2 is 1.70 bits per heavy atom. The summed E-state index contributed by atoms with van der Waals surface area (Å²) in [4.78, 5) is 25.8. The Morgan fingerprint density at radius 3 is 2.35 bits per heavy atom. The van der Waals surface area contributed by atoms with E-state index < -0.39 is 23.3 Å². The van der Waals surface area contributed by atoms with Crippen molar-refractivity contribution in [1.82, 2.24) is 15.1 Å². The first-order valence-corrected chi connectivity index (χ1v) is 12.0. The summed E-state index contributed by atoms with van der Waals surface area (Å²) in [6.07, 6.45) is 0. The van der Waals surface area contributed by atoms with Gasteiger partial charge in [-0.25, -0.2) is 9.18 Å². The summed E-state index contributed by atoms with van der Waals surface area (Å²) in [5.74, 6) is -0.744. The van der Waals surface area contributed by atoms with Crippen LogP contribution in [0.5, 0.6) is 5.75 Å². The molecule has 0 bridgehead atoms. The molecule has 0 aliphatic carbocycles. The van der Waals surface area contributed by atoms with Gasteiger partial charge in [-0.3, -0.25) is 9.48 Å². The monoisotopic (exact) mass is 503 g/mol. The molecular formula is C29H30FN3O4. The van der Waals surface area contributed by atoms with Crippen LogP contribution in [0.15, 0.2) is 72.8 Å². The van der Waals surface area contributed by atoms with E-state index in [2.05, 4.69) is 10.4 Å². The van der Waals surface area contributed by atoms with Crippen LogP contribution in [0.3, 0.4) is 0 Å². The number of halogens is 1. The van der Waals surface area contributed by atoms with Crippen LogP contribution in [0.25, 0.3) is 10.9 Å². The van der Waals surface area contributed by atoms with Gasteiger partial charge in [-0.15, -0.1) is 0 Å². The number of benzene rings is 3. The standard InChI is InChI=1S/C29H30FN3O4/c1-29(2,3)26(28(35)36-4)31-27(34)25-23-15-14-22(37-18-20-8-6-5-7-9-20)16-24(23)33(32-25)17-19-10-12-21(30)13-11-19/h5-16,26H,17-18H2,1-4H3,(H,31,34)/t26-/m1/s1. The van der Waals surface area contributed by atoms with E-state index in [1.165, 1.54) is 19.2 Å². The fourth-order valence-corrected chi connectivity index (χ4v) is 3.98. The van der Waals surface area contributed by atoms with Crippen LogP contribution in [0.1, 0.15) is 42.4 Å². The number of hydrogen-bond acceptors (Lipinski definition) is 5. The van der Waals surface area contributed by atoms with Crippen molar-refractivity contribution >= 4 is 22.8 Å². The van der Waals surface area contributed by atoms with Gasteiger partial charge >= 0.3 is 5.97 Å². The summed E-state index contributed by atoms with van der Waals surface area (Å²) in [6, 6.07) is 20.4. The molecule has 1 N–H and O–H groups in total. The molecule has 1 atom stereocenters. The summed E-state index contributed by atoms with van der Waals surface area (Å²) in [5.41, 5.74) is 2.11. The molecule has 0 aliphatic heterocycles. The molecule has 7 nitrogen and oxygen atoms in total. The van der Waals surface area contributed by atoms with Crippen LogP contribution in [0.2, 0.25) is 0 Å². The first kappa shape index (κ1) is 25.9. The molecule has 0 aliphatic rings. The Labute approximate surface area is 215 Å². The third-order valence-corrected chi connectivity index (χ3v) is 6.01. The highest BCUT2D eigenvalue weighted by Gasteiger charge is 2.35. The number of aromatic nitrogens is 2. The van der Waals surface area contributed by atoms with Gasteiger partial charge < -0.3 is 14.8 Å². The summed E-state index contributed by atoms with van der Waals surface area (Å²) in [5, 5.41) is 7.98. The van der Waals surface area contributed by atoms with E-state index in [9.17, 15) is 14.0 Å². The van der Waals surface area contributed by atoms with Crippen LogP contribution in [-0.2, 0) is 22.7 Å². The largest absolute Gasteiger partial charge is 0.489 e. The minimum atomic E-state index is -0.865. The number of ether oxygens (including phenoxy) is 2. The molecule has 0 fully saturated rings. The van der Waals surface area contributed by atoms with Crippen molar-refractivity contribution in [3.8, 4) is 5.75 Å². The molecule has 1 heterocycles. The number of methoxy groups -OCH3 is 1. The molecule has 3 aromatic carbocycles. The van der Waals surface area contributed by atoms with E-state index in [0.717, 1.165) is 11.1 Å². The number of fused-ring (bicyclic) bond motifs is 1. The maximum atomic E-state index is 13.4. The summed E-state index contributed by atoms with van der Waals surface area (Å²) >= 11 is 0. The molecule has 192 valence electrons. The first-order valence-electron chi connectivity index (χ1n) is 12.0. The molecule has 0 spiro atoms. The van der Waals surface area contributed by atoms with Crippen LogP contribution in [0.4, 0.5) is 4.39 Å². The molecule has 8 heteroatoms. The van der Waals surface area contributed by atoms with Crippen LogP contribution >= 0.6 is 0 Å². The fourth-order valence-electron chi connectivity index (χ4n) is 3.98. The number of carbonyl (C=O) groups is 2. The van der Waals surface area contributed by atoms with Crippen molar-refractivity contribution in [2.75, 3.05) is 7.11 Å². The predicted octanol–water partition coefficient (Wildman–Crippen LogP) is 5.12. The number of rotatable bonds is 8. The van der Waals surface area contributed by atoms with E-state index >= 15 is 0 Å². The lowest BCUT2D eigenvalue weighted by atomic mass is 9.86. The SMILES string of the molecule is COC(=O)[C@@H](NC(=O)c1nn(Cc2ccc(F)cc2)c2cc(OCc3ccccc3)ccc12)C(C)(C)C. The van der Waals surface area contributed by atoms with Crippen molar-refractivity contribution in [1.29, 1.82) is 0 Å². The second-order valence-corrected chi connectivity index (χ2v) is 9.88. The van der Waals surface area contributed by atoms with Gasteiger partial charge in [0.15, 0.2) is 5.69 Å². The second kappa shape index (κ2) is 10.8. The van der Waals surface area contributed by atoms with Crippen LogP contribution < -0.4 is 10.1 Å². The average molecular weight is 504 g/mol. The fraction of sp³-hybridized carbons (Fsp3) is 0.276. The molecular weight excluding hydrogens is 473 g/mol. The minimum absolute atomic E-state index is 0.171. The van der Waals surface area contributed by atoms with Crippen molar-refractivity contribution in [3.05, 3.63) is 95.4 Å². The van der Waals surface area contributed by atoms with Gasteiger partial charge in [-0.05, 0) is 40.8 Å². The highest BCUT2D eigenvalue weighted by atomic mass is 19.1. The number of amides is 1. The molecule has 1 aromatic heterocycles. The quantitative estimate of drug-likeness (QED) is 0.338. The molecule has 4 aromatic rings. The van der Waals surface area contributed by atoms with Crippen molar-refractivity contribution in [2.45, 2.75) is 40.0 Å². The van der Waals surface area contributed by atoms with Gasteiger partial charge in [0.25, 0.3) is 5.91 Å². The smallest absolute Gasteiger partial charge is 0.328 e. The third kappa shape index (κ3) is 6.14. The summed E-state index contributed by atoms with van der Waals surface area (Å²) in [6.45, 7) is 6.23. The van der Waals surface area contributed by atoms with E-state index in [4.69, 9.17) is 9.47 Å². The zero-order valence-corrected chi connectivity index (χ0v) is 21.3. The van der Waals surface area contributed by atoms with Crippen molar-refractivity contribution in [2.24, 2.45) is 5.41 Å². The predicted molar refractivity (Wildman–Crippen MR) is 139 cm³/mol. The van der Waals surface area contributed by atoms with E-state index in [1.54, 1.807) is 28.9 Å². The Hall–Kier alpha value is -4.20. The molecule has 0 saturated heterocycles. The normalized spacial score (nSPS) is 12.2. The zero-order chi connectivity index (χ0) is 26.6. The van der Waals surface area contributed by atoms with Gasteiger partial charge in [0.2, 0.25) is 0 Å². The lowest BCUT2D eigenvalue weighted by molar-refractivity contribution is -0.145. The van der Waals surface area contributed by atoms with Gasteiger partial charge in [0.1, 0.15) is 24.2 Å². The second-order valence-electron chi connectivity index (χ2n) is 9.88. The number of carbonyl (C=O) groups excluding carboxylic acids is 2. The van der Waals surface area contributed by atoms with Gasteiger partial charge in [-0.1, -0.05) is 63.2 Å². The van der Waals surface area contributed by atoms with E-state index in [1.807, 2.05) is 57.2 Å². The van der Waals surface area contributed by atoms with Crippen molar-refractivity contribution < 1.29 is 23.5 Å². The lowest BCUT2D eigenvalue weighted by Crippen LogP contribution is -2.49. The maximum absolute atomic E-state index is 13.4. The van der Waals surface area contributed by atoms with Gasteiger partial charge in [0.05, 0.1) is 19.2 Å². The number of nitrogens with one attached hydrogen (secondary N) is 1. The highest BCUT2D eigenvalue weighted by Crippen LogP contribution is 2.27. The average Bonchev–Trinajstić information content (AvgIpc) is 3.24. The Kier molecular flexibility index (Phi) is 7.57. The maximum Gasteiger partial charge on any atom is 0.328 e. The summed E-state index contributed by atoms with van der Waals surface area (Å²) in [7, 11) is 1.29. The van der Waals surface area contributed by atoms with Crippen LogP contribution in [0, 0.1) is 11.2 Å². The first-order chi connectivity index (χ1) is 17.7. The molecule has 0 saturated carbocycles. The van der Waals surface area contributed by atoms with Gasteiger partial charge in [-0.2, -0.15) is 5.10 Å². The molecule has 4 rings (SSSR count). The number of hydrogen-bond donors (Lipinski definition) is 1. The highest BCUT2D eigenvalue weighted by molar-refractivity contribution is 6.06. The number of esters is 1. The molecule has 0 radical (unpaired) electrons.